The van der Waals surface area contributed by atoms with Gasteiger partial charge in [-0.1, -0.05) is 17.7 Å². The van der Waals surface area contributed by atoms with Gasteiger partial charge in [0.25, 0.3) is 5.91 Å². The van der Waals surface area contributed by atoms with Crippen molar-refractivity contribution in [1.82, 2.24) is 10.2 Å². The maximum Gasteiger partial charge on any atom is 0.471 e. The number of likely N-dealkylation sites (tertiary alicyclic amines) is 1. The summed E-state index contributed by atoms with van der Waals surface area (Å²) >= 11 is 5.83. The Balaban J connectivity index is 1.89. The van der Waals surface area contributed by atoms with Crippen molar-refractivity contribution < 1.29 is 22.8 Å². The first kappa shape index (κ1) is 16.6. The van der Waals surface area contributed by atoms with Gasteiger partial charge in [-0.25, -0.2) is 0 Å². The molecule has 0 saturated carbocycles. The van der Waals surface area contributed by atoms with E-state index in [-0.39, 0.29) is 31.8 Å². The fraction of sp³-hybridized carbons (Fsp3) is 0.429. The van der Waals surface area contributed by atoms with Crippen LogP contribution in [0.2, 0.25) is 5.02 Å². The molecule has 1 aromatic rings. The molecule has 0 aromatic heterocycles. The molecule has 0 unspecified atom stereocenters. The average Bonchev–Trinajstić information content (AvgIpc) is 2.46. The van der Waals surface area contributed by atoms with E-state index in [0.29, 0.717) is 10.6 Å². The lowest BCUT2D eigenvalue weighted by Crippen LogP contribution is -2.49. The lowest BCUT2D eigenvalue weighted by atomic mass is 10.0. The highest BCUT2D eigenvalue weighted by Crippen LogP contribution is 2.19. The summed E-state index contributed by atoms with van der Waals surface area (Å²) < 4.78 is 36.5. The molecule has 0 atom stereocenters. The van der Waals surface area contributed by atoms with Crippen molar-refractivity contribution in [3.8, 4) is 0 Å². The molecule has 1 saturated heterocycles. The molecule has 0 spiro atoms. The molecule has 1 aliphatic heterocycles. The van der Waals surface area contributed by atoms with Gasteiger partial charge >= 0.3 is 12.1 Å². The third-order valence-corrected chi connectivity index (χ3v) is 3.68. The van der Waals surface area contributed by atoms with E-state index in [1.165, 1.54) is 0 Å². The predicted octanol–water partition coefficient (Wildman–Crippen LogP) is 2.62. The van der Waals surface area contributed by atoms with Crippen molar-refractivity contribution in [1.29, 1.82) is 0 Å². The summed E-state index contributed by atoms with van der Waals surface area (Å²) in [5.41, 5.74) is 0.435. The Labute approximate surface area is 130 Å². The molecule has 1 heterocycles. The number of carbonyl (C=O) groups is 2. The number of nitrogens with zero attached hydrogens (tertiary/aromatic N) is 1. The van der Waals surface area contributed by atoms with Crippen LogP contribution in [-0.2, 0) is 4.79 Å². The highest BCUT2D eigenvalue weighted by atomic mass is 35.5. The number of hydrogen-bond acceptors (Lipinski definition) is 2. The molecular weight excluding hydrogens is 321 g/mol. The normalized spacial score (nSPS) is 16.5. The van der Waals surface area contributed by atoms with Crippen LogP contribution in [0.15, 0.2) is 24.3 Å². The summed E-state index contributed by atoms with van der Waals surface area (Å²) in [4.78, 5) is 24.7. The number of carbonyl (C=O) groups excluding carboxylic acids is 2. The molecule has 0 bridgehead atoms. The van der Waals surface area contributed by atoms with Crippen molar-refractivity contribution in [3.63, 3.8) is 0 Å². The number of alkyl halides is 3. The van der Waals surface area contributed by atoms with Crippen LogP contribution in [-0.4, -0.2) is 42.0 Å². The third-order valence-electron chi connectivity index (χ3n) is 3.45. The first-order valence-electron chi connectivity index (χ1n) is 6.70. The molecule has 22 heavy (non-hydrogen) atoms. The van der Waals surface area contributed by atoms with E-state index in [9.17, 15) is 22.8 Å². The van der Waals surface area contributed by atoms with Crippen molar-refractivity contribution in [2.45, 2.75) is 25.1 Å². The Morgan fingerprint density at radius 3 is 2.41 bits per heavy atom. The smallest absolute Gasteiger partial charge is 0.345 e. The van der Waals surface area contributed by atoms with Crippen molar-refractivity contribution in [2.24, 2.45) is 0 Å². The van der Waals surface area contributed by atoms with Crippen LogP contribution in [0.25, 0.3) is 0 Å². The van der Waals surface area contributed by atoms with Gasteiger partial charge in [0.1, 0.15) is 0 Å². The number of nitrogens with one attached hydrogen (secondary N) is 1. The summed E-state index contributed by atoms with van der Waals surface area (Å²) in [5, 5.41) is 2.39. The Kier molecular flexibility index (Phi) is 4.95. The third kappa shape index (κ3) is 4.13. The Morgan fingerprint density at radius 1 is 1.23 bits per heavy atom. The molecule has 1 fully saturated rings. The Morgan fingerprint density at radius 2 is 1.86 bits per heavy atom. The Hall–Kier alpha value is -1.76. The van der Waals surface area contributed by atoms with Crippen LogP contribution in [0.3, 0.4) is 0 Å². The first-order valence-corrected chi connectivity index (χ1v) is 7.07. The monoisotopic (exact) mass is 334 g/mol. The van der Waals surface area contributed by atoms with Crippen molar-refractivity contribution >= 4 is 23.4 Å². The molecule has 1 aliphatic rings. The number of halogens is 4. The van der Waals surface area contributed by atoms with E-state index in [4.69, 9.17) is 11.6 Å². The molecule has 1 N–H and O–H groups in total. The lowest BCUT2D eigenvalue weighted by Gasteiger charge is -2.32. The second-order valence-electron chi connectivity index (χ2n) is 5.05. The van der Waals surface area contributed by atoms with Crippen LogP contribution in [0.4, 0.5) is 13.2 Å². The van der Waals surface area contributed by atoms with Crippen LogP contribution in [0.1, 0.15) is 23.2 Å². The van der Waals surface area contributed by atoms with Gasteiger partial charge in [-0.05, 0) is 31.0 Å². The number of hydrogen-bond donors (Lipinski definition) is 1. The first-order chi connectivity index (χ1) is 10.3. The van der Waals surface area contributed by atoms with Crippen molar-refractivity contribution in [2.75, 3.05) is 13.1 Å². The minimum Gasteiger partial charge on any atom is -0.345 e. The fourth-order valence-electron chi connectivity index (χ4n) is 2.30. The molecule has 2 rings (SSSR count). The predicted molar refractivity (Wildman–Crippen MR) is 74.6 cm³/mol. The zero-order chi connectivity index (χ0) is 16.3. The van der Waals surface area contributed by atoms with Gasteiger partial charge in [0, 0.05) is 29.7 Å². The average molecular weight is 335 g/mol. The molecule has 4 nitrogen and oxygen atoms in total. The molecule has 2 amide bonds. The van der Waals surface area contributed by atoms with Crippen LogP contribution in [0.5, 0.6) is 0 Å². The summed E-state index contributed by atoms with van der Waals surface area (Å²) in [6, 6.07) is 5.91. The topological polar surface area (TPSA) is 49.4 Å². The van der Waals surface area contributed by atoms with Gasteiger partial charge < -0.3 is 10.2 Å². The zero-order valence-electron chi connectivity index (χ0n) is 11.5. The van der Waals surface area contributed by atoms with E-state index in [2.05, 4.69) is 0 Å². The van der Waals surface area contributed by atoms with Crippen molar-refractivity contribution in [3.05, 3.63) is 34.9 Å². The van der Waals surface area contributed by atoms with E-state index < -0.39 is 18.1 Å². The van der Waals surface area contributed by atoms with E-state index in [1.54, 1.807) is 29.2 Å². The lowest BCUT2D eigenvalue weighted by molar-refractivity contribution is -0.174. The number of amides is 2. The summed E-state index contributed by atoms with van der Waals surface area (Å²) in [5.74, 6) is -2.16. The largest absolute Gasteiger partial charge is 0.471 e. The van der Waals surface area contributed by atoms with Gasteiger partial charge in [-0.2, -0.15) is 13.2 Å². The van der Waals surface area contributed by atoms with Gasteiger partial charge in [-0.15, -0.1) is 0 Å². The van der Waals surface area contributed by atoms with Gasteiger partial charge in [0.2, 0.25) is 0 Å². The summed E-state index contributed by atoms with van der Waals surface area (Å²) in [7, 11) is 0. The number of benzene rings is 1. The van der Waals surface area contributed by atoms with E-state index in [1.807, 2.05) is 5.32 Å². The molecule has 0 aliphatic carbocycles. The Bertz CT molecular complexity index is 569. The summed E-state index contributed by atoms with van der Waals surface area (Å²) in [6.45, 7) is 0.572. The molecule has 120 valence electrons. The number of piperidine rings is 1. The molecule has 0 radical (unpaired) electrons. The maximum atomic E-state index is 12.2. The molecule has 1 aromatic carbocycles. The molecular formula is C14H14ClF3N2O2. The van der Waals surface area contributed by atoms with Crippen LogP contribution >= 0.6 is 11.6 Å². The van der Waals surface area contributed by atoms with Crippen LogP contribution in [0, 0.1) is 0 Å². The maximum absolute atomic E-state index is 12.2. The van der Waals surface area contributed by atoms with Gasteiger partial charge in [-0.3, -0.25) is 9.59 Å². The quantitative estimate of drug-likeness (QED) is 0.904. The minimum absolute atomic E-state index is 0.219. The van der Waals surface area contributed by atoms with E-state index in [0.717, 1.165) is 0 Å². The highest BCUT2D eigenvalue weighted by Gasteiger charge is 2.40. The van der Waals surface area contributed by atoms with E-state index >= 15 is 0 Å². The second kappa shape index (κ2) is 6.56. The fourth-order valence-corrected chi connectivity index (χ4v) is 2.49. The zero-order valence-corrected chi connectivity index (χ0v) is 12.2. The summed E-state index contributed by atoms with van der Waals surface area (Å²) in [6.07, 6.45) is -4.31. The van der Waals surface area contributed by atoms with Gasteiger partial charge in [0.05, 0.1) is 0 Å². The minimum atomic E-state index is -4.88. The standard InChI is InChI=1S/C14H14ClF3N2O2/c15-10-3-1-2-9(8-10)12(21)20-6-4-11(5-7-20)19-13(22)14(16,17)18/h1-3,8,11H,4-7H2,(H,19,22). The highest BCUT2D eigenvalue weighted by molar-refractivity contribution is 6.30. The molecule has 8 heteroatoms. The number of rotatable bonds is 2. The second-order valence-corrected chi connectivity index (χ2v) is 5.48. The SMILES string of the molecule is O=C(c1cccc(Cl)c1)N1CCC(NC(=O)C(F)(F)F)CC1. The van der Waals surface area contributed by atoms with Crippen LogP contribution < -0.4 is 5.32 Å². The van der Waals surface area contributed by atoms with Gasteiger partial charge in [0.15, 0.2) is 0 Å².